The summed E-state index contributed by atoms with van der Waals surface area (Å²) in [6.45, 7) is 6.53. The minimum Gasteiger partial charge on any atom is -0.351 e. The molecule has 0 amide bonds. The maximum absolute atomic E-state index is 5.82. The van der Waals surface area contributed by atoms with Crippen LogP contribution in [0.2, 0.25) is 0 Å². The van der Waals surface area contributed by atoms with E-state index >= 15 is 0 Å². The van der Waals surface area contributed by atoms with Gasteiger partial charge in [-0.05, 0) is 44.9 Å². The van der Waals surface area contributed by atoms with Crippen LogP contribution >= 0.6 is 0 Å². The summed E-state index contributed by atoms with van der Waals surface area (Å²) >= 11 is 0. The van der Waals surface area contributed by atoms with Crippen LogP contribution in [-0.2, 0) is 9.47 Å². The smallest absolute Gasteiger partial charge is 0.169 e. The Balaban J connectivity index is 3.34. The van der Waals surface area contributed by atoms with E-state index in [1.165, 1.54) is 109 Å². The first-order valence-corrected chi connectivity index (χ1v) is 14.6. The molecule has 0 fully saturated rings. The Hall–Kier alpha value is -0.640. The second-order valence-electron chi connectivity index (χ2n) is 9.47. The Morgan fingerprint density at radius 1 is 0.515 bits per heavy atom. The summed E-state index contributed by atoms with van der Waals surface area (Å²) in [6.07, 6.45) is 34.9. The molecule has 0 saturated carbocycles. The van der Waals surface area contributed by atoms with Crippen LogP contribution in [0, 0.1) is 0 Å². The molecule has 0 saturated heterocycles. The van der Waals surface area contributed by atoms with Gasteiger partial charge in [0, 0.05) is 19.8 Å². The Morgan fingerprint density at radius 3 is 1.39 bits per heavy atom. The summed E-state index contributed by atoms with van der Waals surface area (Å²) in [4.78, 5) is 0. The van der Waals surface area contributed by atoms with E-state index in [4.69, 9.17) is 15.2 Å². The molecule has 0 aliphatic rings. The molecule has 3 nitrogen and oxygen atoms in total. The van der Waals surface area contributed by atoms with Crippen molar-refractivity contribution in [2.24, 2.45) is 5.73 Å². The summed E-state index contributed by atoms with van der Waals surface area (Å²) in [5.74, 6) is 0. The largest absolute Gasteiger partial charge is 0.351 e. The zero-order chi connectivity index (χ0) is 24.1. The summed E-state index contributed by atoms with van der Waals surface area (Å²) in [6, 6.07) is 0. The van der Waals surface area contributed by atoms with Crippen LogP contribution in [0.5, 0.6) is 0 Å². The van der Waals surface area contributed by atoms with Crippen molar-refractivity contribution in [2.45, 2.75) is 149 Å². The van der Waals surface area contributed by atoms with Crippen LogP contribution in [0.1, 0.15) is 142 Å². The van der Waals surface area contributed by atoms with Gasteiger partial charge < -0.3 is 15.2 Å². The average molecular weight is 466 g/mol. The van der Waals surface area contributed by atoms with E-state index in [0.29, 0.717) is 6.54 Å². The predicted molar refractivity (Wildman–Crippen MR) is 147 cm³/mol. The number of hydrogen-bond donors (Lipinski definition) is 1. The Labute approximate surface area is 208 Å². The van der Waals surface area contributed by atoms with E-state index < -0.39 is 0 Å². The number of allylic oxidation sites excluding steroid dienone is 4. The van der Waals surface area contributed by atoms with E-state index in [9.17, 15) is 0 Å². The third kappa shape index (κ3) is 27.5. The zero-order valence-corrected chi connectivity index (χ0v) is 22.5. The van der Waals surface area contributed by atoms with E-state index in [1.54, 1.807) is 0 Å². The Morgan fingerprint density at radius 2 is 0.909 bits per heavy atom. The lowest BCUT2D eigenvalue weighted by molar-refractivity contribution is -0.137. The number of rotatable bonds is 27. The van der Waals surface area contributed by atoms with Gasteiger partial charge in [0.2, 0.25) is 0 Å². The van der Waals surface area contributed by atoms with Gasteiger partial charge in [-0.15, -0.1) is 0 Å². The molecule has 0 bridgehead atoms. The minimum atomic E-state index is -0.215. The second kappa shape index (κ2) is 29.4. The summed E-state index contributed by atoms with van der Waals surface area (Å²) in [5, 5.41) is 0. The van der Waals surface area contributed by atoms with Crippen LogP contribution in [0.4, 0.5) is 0 Å². The SMILES string of the molecule is CCCCCC=CCC=CCCCCCCCCOC(CN)OCCCCCCCCCC. The van der Waals surface area contributed by atoms with Crippen molar-refractivity contribution in [3.05, 3.63) is 24.3 Å². The van der Waals surface area contributed by atoms with Crippen LogP contribution in [0.3, 0.4) is 0 Å². The van der Waals surface area contributed by atoms with Gasteiger partial charge in [0.15, 0.2) is 6.29 Å². The first-order chi connectivity index (χ1) is 16.3. The van der Waals surface area contributed by atoms with E-state index in [1.807, 2.05) is 0 Å². The van der Waals surface area contributed by atoms with Crippen molar-refractivity contribution >= 4 is 0 Å². The highest BCUT2D eigenvalue weighted by Crippen LogP contribution is 2.10. The molecule has 196 valence electrons. The topological polar surface area (TPSA) is 44.5 Å². The van der Waals surface area contributed by atoms with Crippen molar-refractivity contribution in [2.75, 3.05) is 19.8 Å². The van der Waals surface area contributed by atoms with Crippen LogP contribution in [0.25, 0.3) is 0 Å². The van der Waals surface area contributed by atoms with Crippen LogP contribution < -0.4 is 5.73 Å². The highest BCUT2D eigenvalue weighted by atomic mass is 16.7. The molecule has 3 heteroatoms. The quantitative estimate of drug-likeness (QED) is 0.0746. The third-order valence-electron chi connectivity index (χ3n) is 6.14. The lowest BCUT2D eigenvalue weighted by Gasteiger charge is -2.16. The Bertz CT molecular complexity index is 408. The van der Waals surface area contributed by atoms with Gasteiger partial charge in [0.05, 0.1) is 0 Å². The van der Waals surface area contributed by atoms with E-state index in [2.05, 4.69) is 38.2 Å². The summed E-state index contributed by atoms with van der Waals surface area (Å²) in [7, 11) is 0. The van der Waals surface area contributed by atoms with Gasteiger partial charge in [0.25, 0.3) is 0 Å². The van der Waals surface area contributed by atoms with Crippen molar-refractivity contribution in [1.29, 1.82) is 0 Å². The highest BCUT2D eigenvalue weighted by Gasteiger charge is 2.06. The maximum atomic E-state index is 5.82. The Kier molecular flexibility index (Phi) is 28.8. The standard InChI is InChI=1S/C30H59NO2/c1-3-5-7-9-11-13-14-15-16-17-18-19-20-22-24-26-28-33-30(29-31)32-27-25-23-21-12-10-8-6-4-2/h11,13,15-16,30H,3-10,12,14,17-29,31H2,1-2H3. The summed E-state index contributed by atoms with van der Waals surface area (Å²) < 4.78 is 11.6. The van der Waals surface area contributed by atoms with E-state index in [0.717, 1.165) is 32.5 Å². The molecule has 0 aliphatic heterocycles. The number of hydrogen-bond acceptors (Lipinski definition) is 3. The lowest BCUT2D eigenvalue weighted by Crippen LogP contribution is -2.27. The first-order valence-electron chi connectivity index (χ1n) is 14.6. The zero-order valence-electron chi connectivity index (χ0n) is 22.5. The van der Waals surface area contributed by atoms with Gasteiger partial charge in [-0.25, -0.2) is 0 Å². The van der Waals surface area contributed by atoms with Crippen LogP contribution in [-0.4, -0.2) is 26.0 Å². The molecule has 0 aromatic heterocycles. The first kappa shape index (κ1) is 32.4. The molecule has 1 unspecified atom stereocenters. The van der Waals surface area contributed by atoms with Crippen LogP contribution in [0.15, 0.2) is 24.3 Å². The van der Waals surface area contributed by atoms with Gasteiger partial charge >= 0.3 is 0 Å². The molecule has 33 heavy (non-hydrogen) atoms. The fourth-order valence-corrected chi connectivity index (χ4v) is 3.94. The monoisotopic (exact) mass is 465 g/mol. The molecule has 0 heterocycles. The molecular formula is C30H59NO2. The van der Waals surface area contributed by atoms with Gasteiger partial charge in [-0.1, -0.05) is 122 Å². The normalized spacial score (nSPS) is 12.9. The molecule has 2 N–H and O–H groups in total. The fourth-order valence-electron chi connectivity index (χ4n) is 3.94. The second-order valence-corrected chi connectivity index (χ2v) is 9.47. The third-order valence-corrected chi connectivity index (χ3v) is 6.14. The lowest BCUT2D eigenvalue weighted by atomic mass is 10.1. The number of unbranched alkanes of at least 4 members (excludes halogenated alkanes) is 16. The molecule has 0 aliphatic carbocycles. The molecular weight excluding hydrogens is 406 g/mol. The average Bonchev–Trinajstić information content (AvgIpc) is 2.83. The van der Waals surface area contributed by atoms with Crippen molar-refractivity contribution in [3.63, 3.8) is 0 Å². The molecule has 0 rings (SSSR count). The van der Waals surface area contributed by atoms with Crippen molar-refractivity contribution in [1.82, 2.24) is 0 Å². The number of nitrogens with two attached hydrogens (primary N) is 1. The van der Waals surface area contributed by atoms with Crippen molar-refractivity contribution in [3.8, 4) is 0 Å². The predicted octanol–water partition coefficient (Wildman–Crippen LogP) is 9.26. The fraction of sp³-hybridized carbons (Fsp3) is 0.867. The van der Waals surface area contributed by atoms with Crippen molar-refractivity contribution < 1.29 is 9.47 Å². The summed E-state index contributed by atoms with van der Waals surface area (Å²) in [5.41, 5.74) is 5.79. The molecule has 0 aromatic carbocycles. The van der Waals surface area contributed by atoms with E-state index in [-0.39, 0.29) is 6.29 Å². The van der Waals surface area contributed by atoms with Gasteiger partial charge in [0.1, 0.15) is 0 Å². The molecule has 1 atom stereocenters. The highest BCUT2D eigenvalue weighted by molar-refractivity contribution is 4.92. The molecule has 0 spiro atoms. The minimum absolute atomic E-state index is 0.215. The number of ether oxygens (including phenoxy) is 2. The molecule has 0 aromatic rings. The van der Waals surface area contributed by atoms with Gasteiger partial charge in [-0.3, -0.25) is 0 Å². The van der Waals surface area contributed by atoms with Gasteiger partial charge in [-0.2, -0.15) is 0 Å². The maximum Gasteiger partial charge on any atom is 0.169 e. The molecule has 0 radical (unpaired) electrons.